The number of carbonyl (C=O) groups is 1. The number of nitrogens with two attached hydrogens (primary N) is 1. The molecule has 0 unspecified atom stereocenters. The van der Waals surface area contributed by atoms with Crippen LogP contribution in [0, 0.1) is 11.3 Å². The van der Waals surface area contributed by atoms with E-state index in [9.17, 15) is 4.79 Å². The molecule has 0 heterocycles. The maximum Gasteiger partial charge on any atom is 0.227 e. The summed E-state index contributed by atoms with van der Waals surface area (Å²) in [7, 11) is 0. The molecule has 2 rings (SSSR count). The van der Waals surface area contributed by atoms with Gasteiger partial charge in [0.05, 0.1) is 5.41 Å². The lowest BCUT2D eigenvalue weighted by Crippen LogP contribution is -2.43. The van der Waals surface area contributed by atoms with Crippen LogP contribution >= 0.6 is 0 Å². The lowest BCUT2D eigenvalue weighted by atomic mass is 9.87. The molecule has 0 saturated heterocycles. The van der Waals surface area contributed by atoms with E-state index in [0.717, 1.165) is 31.6 Å². The van der Waals surface area contributed by atoms with E-state index in [1.165, 1.54) is 12.8 Å². The van der Waals surface area contributed by atoms with Crippen molar-refractivity contribution >= 4 is 5.91 Å². The predicted molar refractivity (Wildman–Crippen MR) is 60.3 cm³/mol. The van der Waals surface area contributed by atoms with E-state index in [4.69, 9.17) is 5.73 Å². The van der Waals surface area contributed by atoms with Gasteiger partial charge in [0.25, 0.3) is 0 Å². The Morgan fingerprint density at radius 2 is 1.93 bits per heavy atom. The molecule has 0 bridgehead atoms. The van der Waals surface area contributed by atoms with Crippen LogP contribution in [0.15, 0.2) is 0 Å². The van der Waals surface area contributed by atoms with Crippen molar-refractivity contribution in [2.75, 3.05) is 6.54 Å². The summed E-state index contributed by atoms with van der Waals surface area (Å²) in [6, 6.07) is 0.415. The van der Waals surface area contributed by atoms with Crippen LogP contribution < -0.4 is 11.1 Å². The number of rotatable bonds is 3. The molecule has 2 saturated carbocycles. The molecule has 0 aromatic carbocycles. The van der Waals surface area contributed by atoms with Gasteiger partial charge in [-0.2, -0.15) is 0 Å². The third-order valence-corrected chi connectivity index (χ3v) is 4.08. The van der Waals surface area contributed by atoms with Crippen molar-refractivity contribution in [3.63, 3.8) is 0 Å². The Morgan fingerprint density at radius 3 is 2.40 bits per heavy atom. The first-order chi connectivity index (χ1) is 7.16. The second kappa shape index (κ2) is 4.12. The Labute approximate surface area is 91.8 Å². The largest absolute Gasteiger partial charge is 0.353 e. The zero-order chi connectivity index (χ0) is 10.9. The van der Waals surface area contributed by atoms with Crippen molar-refractivity contribution in [1.29, 1.82) is 0 Å². The zero-order valence-corrected chi connectivity index (χ0v) is 9.59. The highest BCUT2D eigenvalue weighted by Gasteiger charge is 2.48. The van der Waals surface area contributed by atoms with E-state index >= 15 is 0 Å². The molecular weight excluding hydrogens is 188 g/mol. The molecule has 0 aromatic rings. The second-order valence-electron chi connectivity index (χ2n) is 5.41. The maximum atomic E-state index is 11.9. The molecule has 2 aliphatic rings. The summed E-state index contributed by atoms with van der Waals surface area (Å²) in [5.41, 5.74) is 5.46. The van der Waals surface area contributed by atoms with Crippen molar-refractivity contribution in [2.45, 2.75) is 51.5 Å². The Kier molecular flexibility index (Phi) is 3.01. The van der Waals surface area contributed by atoms with Gasteiger partial charge in [-0.1, -0.05) is 6.92 Å². The zero-order valence-electron chi connectivity index (χ0n) is 9.59. The average molecular weight is 210 g/mol. The van der Waals surface area contributed by atoms with Crippen LogP contribution in [0.5, 0.6) is 0 Å². The summed E-state index contributed by atoms with van der Waals surface area (Å²) in [6.45, 7) is 2.81. The van der Waals surface area contributed by atoms with Crippen LogP contribution in [0.3, 0.4) is 0 Å². The molecule has 1 amide bonds. The van der Waals surface area contributed by atoms with E-state index in [2.05, 4.69) is 12.2 Å². The van der Waals surface area contributed by atoms with Crippen molar-refractivity contribution < 1.29 is 4.79 Å². The molecule has 2 fully saturated rings. The third-order valence-electron chi connectivity index (χ3n) is 4.08. The van der Waals surface area contributed by atoms with Crippen LogP contribution in [0.4, 0.5) is 0 Å². The summed E-state index contributed by atoms with van der Waals surface area (Å²) >= 11 is 0. The van der Waals surface area contributed by atoms with Crippen LogP contribution in [0.1, 0.15) is 45.4 Å². The quantitative estimate of drug-likeness (QED) is 0.740. The van der Waals surface area contributed by atoms with Gasteiger partial charge >= 0.3 is 0 Å². The normalized spacial score (nSPS) is 33.5. The smallest absolute Gasteiger partial charge is 0.227 e. The van der Waals surface area contributed by atoms with E-state index in [-0.39, 0.29) is 11.3 Å². The summed E-state index contributed by atoms with van der Waals surface area (Å²) in [4.78, 5) is 11.9. The van der Waals surface area contributed by atoms with Crippen molar-refractivity contribution in [3.8, 4) is 0 Å². The Balaban J connectivity index is 1.79. The molecule has 0 aliphatic heterocycles. The molecule has 3 heteroatoms. The monoisotopic (exact) mass is 210 g/mol. The number of carbonyl (C=O) groups excluding carboxylic acids is 1. The number of nitrogens with one attached hydrogen (secondary N) is 1. The van der Waals surface area contributed by atoms with Gasteiger partial charge in [-0.15, -0.1) is 0 Å². The standard InChI is InChI=1S/C12H22N2O/c1-9-2-4-10(5-3-9)14-11(15)12(8-13)6-7-12/h9-10H,2-8,13H2,1H3,(H,14,15)/t9-,10-. The summed E-state index contributed by atoms with van der Waals surface area (Å²) in [5.74, 6) is 1.05. The lowest BCUT2D eigenvalue weighted by molar-refractivity contribution is -0.127. The Bertz CT molecular complexity index is 240. The van der Waals surface area contributed by atoms with Crippen molar-refractivity contribution in [3.05, 3.63) is 0 Å². The molecule has 0 spiro atoms. The summed E-state index contributed by atoms with van der Waals surface area (Å²) in [5, 5.41) is 3.17. The van der Waals surface area contributed by atoms with E-state index in [1.54, 1.807) is 0 Å². The minimum absolute atomic E-state index is 0.178. The van der Waals surface area contributed by atoms with E-state index in [0.29, 0.717) is 12.6 Å². The maximum absolute atomic E-state index is 11.9. The fraction of sp³-hybridized carbons (Fsp3) is 0.917. The van der Waals surface area contributed by atoms with Crippen LogP contribution in [0.2, 0.25) is 0 Å². The van der Waals surface area contributed by atoms with Crippen molar-refractivity contribution in [2.24, 2.45) is 17.1 Å². The van der Waals surface area contributed by atoms with Gasteiger partial charge in [-0.3, -0.25) is 4.79 Å². The van der Waals surface area contributed by atoms with Gasteiger partial charge < -0.3 is 11.1 Å². The molecule has 3 N–H and O–H groups in total. The Hall–Kier alpha value is -0.570. The fourth-order valence-electron chi connectivity index (χ4n) is 2.42. The number of amides is 1. The van der Waals surface area contributed by atoms with E-state index < -0.39 is 0 Å². The van der Waals surface area contributed by atoms with Crippen LogP contribution in [0.25, 0.3) is 0 Å². The number of hydrogen-bond acceptors (Lipinski definition) is 2. The minimum atomic E-state index is -0.178. The number of hydrogen-bond donors (Lipinski definition) is 2. The molecule has 86 valence electrons. The third kappa shape index (κ3) is 2.33. The molecule has 0 aromatic heterocycles. The SMILES string of the molecule is C[C@H]1CC[C@H](NC(=O)C2(CN)CC2)CC1. The molecule has 2 aliphatic carbocycles. The molecule has 0 radical (unpaired) electrons. The summed E-state index contributed by atoms with van der Waals surface area (Å²) < 4.78 is 0. The van der Waals surface area contributed by atoms with Gasteiger partial charge in [0, 0.05) is 12.6 Å². The molecule has 3 nitrogen and oxygen atoms in total. The fourth-order valence-corrected chi connectivity index (χ4v) is 2.42. The molecular formula is C12H22N2O. The highest BCUT2D eigenvalue weighted by Crippen LogP contribution is 2.44. The second-order valence-corrected chi connectivity index (χ2v) is 5.41. The first-order valence-corrected chi connectivity index (χ1v) is 6.17. The first kappa shape index (κ1) is 10.9. The van der Waals surface area contributed by atoms with Gasteiger partial charge in [0.1, 0.15) is 0 Å². The van der Waals surface area contributed by atoms with Crippen LogP contribution in [-0.4, -0.2) is 18.5 Å². The minimum Gasteiger partial charge on any atom is -0.353 e. The van der Waals surface area contributed by atoms with Gasteiger partial charge in [-0.05, 0) is 44.4 Å². The molecule has 0 atom stereocenters. The van der Waals surface area contributed by atoms with Gasteiger partial charge in [0.15, 0.2) is 0 Å². The van der Waals surface area contributed by atoms with Crippen molar-refractivity contribution in [1.82, 2.24) is 5.32 Å². The van der Waals surface area contributed by atoms with Gasteiger partial charge in [0.2, 0.25) is 5.91 Å². The predicted octanol–water partition coefficient (Wildman–Crippen LogP) is 1.42. The van der Waals surface area contributed by atoms with Gasteiger partial charge in [-0.25, -0.2) is 0 Å². The summed E-state index contributed by atoms with van der Waals surface area (Å²) in [6.07, 6.45) is 6.76. The topological polar surface area (TPSA) is 55.1 Å². The average Bonchev–Trinajstić information content (AvgIpc) is 3.02. The lowest BCUT2D eigenvalue weighted by Gasteiger charge is -2.28. The first-order valence-electron chi connectivity index (χ1n) is 6.17. The van der Waals surface area contributed by atoms with Crippen LogP contribution in [-0.2, 0) is 4.79 Å². The molecule has 15 heavy (non-hydrogen) atoms. The highest BCUT2D eigenvalue weighted by molar-refractivity contribution is 5.85. The highest BCUT2D eigenvalue weighted by atomic mass is 16.2. The van der Waals surface area contributed by atoms with E-state index in [1.807, 2.05) is 0 Å². The Morgan fingerprint density at radius 1 is 1.33 bits per heavy atom.